The fourth-order valence-corrected chi connectivity index (χ4v) is 2.51. The van der Waals surface area contributed by atoms with E-state index in [-0.39, 0.29) is 30.7 Å². The molecule has 0 saturated carbocycles. The zero-order valence-electron chi connectivity index (χ0n) is 12.8. The molecular weight excluding hydrogens is 284 g/mol. The molecule has 0 aromatic heterocycles. The predicted octanol–water partition coefficient (Wildman–Crippen LogP) is 0.554. The van der Waals surface area contributed by atoms with Crippen molar-refractivity contribution in [1.29, 1.82) is 0 Å². The average molecular weight is 304 g/mol. The van der Waals surface area contributed by atoms with Gasteiger partial charge in [-0.2, -0.15) is 0 Å². The summed E-state index contributed by atoms with van der Waals surface area (Å²) in [5, 5.41) is 9.98. The van der Waals surface area contributed by atoms with Crippen LogP contribution >= 0.6 is 0 Å². The molecule has 1 unspecified atom stereocenters. The third-order valence-electron chi connectivity index (χ3n) is 3.75. The van der Waals surface area contributed by atoms with Crippen LogP contribution in [0.25, 0.3) is 0 Å². The molecule has 0 bridgehead atoms. The van der Waals surface area contributed by atoms with Gasteiger partial charge in [-0.15, -0.1) is 0 Å². The third kappa shape index (κ3) is 3.71. The van der Waals surface area contributed by atoms with Crippen LogP contribution in [0.15, 0.2) is 24.3 Å². The van der Waals surface area contributed by atoms with Crippen LogP contribution in [0.2, 0.25) is 0 Å². The summed E-state index contributed by atoms with van der Waals surface area (Å²) in [6.07, 6.45) is -0.772. The number of β-amino-alcohol motifs (C(OH)–C–C–N with tert-alkyl or cyclic N) is 1. The molecule has 0 spiro atoms. The minimum absolute atomic E-state index is 0.103. The Balaban J connectivity index is 2.17. The number of aliphatic hydroxyl groups is 1. The van der Waals surface area contributed by atoms with E-state index in [2.05, 4.69) is 0 Å². The summed E-state index contributed by atoms with van der Waals surface area (Å²) >= 11 is 0. The SMILES string of the molecule is CC(=O)c1cccc(C(=O)N2CCN(C(C)=O)CC(O)C2)c1. The Kier molecular flexibility index (Phi) is 4.92. The van der Waals surface area contributed by atoms with Gasteiger partial charge in [-0.25, -0.2) is 0 Å². The van der Waals surface area contributed by atoms with Gasteiger partial charge in [0.05, 0.1) is 6.10 Å². The molecule has 1 atom stereocenters. The second kappa shape index (κ2) is 6.70. The molecule has 0 aliphatic carbocycles. The molecule has 1 aromatic carbocycles. The summed E-state index contributed by atoms with van der Waals surface area (Å²) in [6, 6.07) is 6.54. The lowest BCUT2D eigenvalue weighted by atomic mass is 10.1. The fraction of sp³-hybridized carbons (Fsp3) is 0.438. The van der Waals surface area contributed by atoms with Crippen molar-refractivity contribution in [2.75, 3.05) is 26.2 Å². The van der Waals surface area contributed by atoms with Crippen LogP contribution in [0, 0.1) is 0 Å². The highest BCUT2D eigenvalue weighted by molar-refractivity contribution is 5.99. The Hall–Kier alpha value is -2.21. The summed E-state index contributed by atoms with van der Waals surface area (Å²) in [6.45, 7) is 4.05. The van der Waals surface area contributed by atoms with Crippen LogP contribution in [0.4, 0.5) is 0 Å². The van der Waals surface area contributed by atoms with Crippen LogP contribution < -0.4 is 0 Å². The van der Waals surface area contributed by atoms with Crippen LogP contribution in [0.1, 0.15) is 34.6 Å². The normalized spacial score (nSPS) is 18.8. The number of aliphatic hydroxyl groups excluding tert-OH is 1. The van der Waals surface area contributed by atoms with Crippen molar-refractivity contribution in [2.45, 2.75) is 20.0 Å². The average Bonchev–Trinajstić information content (AvgIpc) is 2.68. The molecule has 1 aliphatic heterocycles. The molecule has 0 radical (unpaired) electrons. The highest BCUT2D eigenvalue weighted by Gasteiger charge is 2.26. The van der Waals surface area contributed by atoms with E-state index in [0.717, 1.165) is 0 Å². The Morgan fingerprint density at radius 1 is 1.05 bits per heavy atom. The van der Waals surface area contributed by atoms with Crippen molar-refractivity contribution in [3.05, 3.63) is 35.4 Å². The number of nitrogens with zero attached hydrogens (tertiary/aromatic N) is 2. The van der Waals surface area contributed by atoms with Gasteiger partial charge in [-0.3, -0.25) is 14.4 Å². The predicted molar refractivity (Wildman–Crippen MR) is 80.6 cm³/mol. The standard InChI is InChI=1S/C16H20N2O4/c1-11(19)13-4-3-5-14(8-13)16(22)18-7-6-17(12(2)20)9-15(21)10-18/h3-5,8,15,21H,6-7,9-10H2,1-2H3. The van der Waals surface area contributed by atoms with E-state index >= 15 is 0 Å². The molecule has 1 aromatic rings. The van der Waals surface area contributed by atoms with Gasteiger partial charge in [-0.1, -0.05) is 12.1 Å². The maximum atomic E-state index is 12.5. The first kappa shape index (κ1) is 16.2. The number of carbonyl (C=O) groups is 3. The molecular formula is C16H20N2O4. The molecule has 2 amide bonds. The zero-order valence-corrected chi connectivity index (χ0v) is 12.8. The van der Waals surface area contributed by atoms with E-state index in [0.29, 0.717) is 24.2 Å². The van der Waals surface area contributed by atoms with E-state index in [1.807, 2.05) is 0 Å². The molecule has 6 nitrogen and oxygen atoms in total. The highest BCUT2D eigenvalue weighted by Crippen LogP contribution is 2.12. The lowest BCUT2D eigenvalue weighted by molar-refractivity contribution is -0.129. The number of carbonyl (C=O) groups excluding carboxylic acids is 3. The Bertz CT molecular complexity index is 600. The second-order valence-electron chi connectivity index (χ2n) is 5.51. The largest absolute Gasteiger partial charge is 0.389 e. The number of hydrogen-bond acceptors (Lipinski definition) is 4. The number of amides is 2. The van der Waals surface area contributed by atoms with Crippen molar-refractivity contribution in [3.8, 4) is 0 Å². The first-order chi connectivity index (χ1) is 10.4. The van der Waals surface area contributed by atoms with Crippen molar-refractivity contribution in [3.63, 3.8) is 0 Å². The summed E-state index contributed by atoms with van der Waals surface area (Å²) < 4.78 is 0. The quantitative estimate of drug-likeness (QED) is 0.810. The van der Waals surface area contributed by atoms with Crippen LogP contribution in [-0.4, -0.2) is 64.8 Å². The van der Waals surface area contributed by atoms with Crippen molar-refractivity contribution in [1.82, 2.24) is 9.80 Å². The molecule has 6 heteroatoms. The smallest absolute Gasteiger partial charge is 0.254 e. The van der Waals surface area contributed by atoms with Gasteiger partial charge in [0.1, 0.15) is 0 Å². The van der Waals surface area contributed by atoms with Gasteiger partial charge in [0, 0.05) is 44.2 Å². The topological polar surface area (TPSA) is 77.9 Å². The van der Waals surface area contributed by atoms with Gasteiger partial charge in [-0.05, 0) is 19.1 Å². The Labute approximate surface area is 129 Å². The number of benzene rings is 1. The van der Waals surface area contributed by atoms with Gasteiger partial charge in [0.25, 0.3) is 5.91 Å². The molecule has 2 rings (SSSR count). The van der Waals surface area contributed by atoms with Gasteiger partial charge >= 0.3 is 0 Å². The van der Waals surface area contributed by atoms with E-state index in [9.17, 15) is 19.5 Å². The van der Waals surface area contributed by atoms with Crippen molar-refractivity contribution in [2.24, 2.45) is 0 Å². The Morgan fingerprint density at radius 2 is 1.64 bits per heavy atom. The maximum Gasteiger partial charge on any atom is 0.254 e. The van der Waals surface area contributed by atoms with Crippen LogP contribution in [0.3, 0.4) is 0 Å². The molecule has 1 N–H and O–H groups in total. The number of ketones is 1. The summed E-state index contributed by atoms with van der Waals surface area (Å²) in [4.78, 5) is 38.5. The molecule has 1 fully saturated rings. The summed E-state index contributed by atoms with van der Waals surface area (Å²) in [7, 11) is 0. The minimum atomic E-state index is -0.772. The van der Waals surface area contributed by atoms with E-state index in [1.165, 1.54) is 23.6 Å². The van der Waals surface area contributed by atoms with Crippen molar-refractivity contribution >= 4 is 17.6 Å². The Morgan fingerprint density at radius 3 is 2.27 bits per heavy atom. The second-order valence-corrected chi connectivity index (χ2v) is 5.51. The van der Waals surface area contributed by atoms with E-state index < -0.39 is 6.10 Å². The molecule has 1 heterocycles. The summed E-state index contributed by atoms with van der Waals surface area (Å²) in [5.74, 6) is -0.465. The lowest BCUT2D eigenvalue weighted by Gasteiger charge is -2.21. The molecule has 118 valence electrons. The first-order valence-electron chi connectivity index (χ1n) is 7.22. The van der Waals surface area contributed by atoms with Gasteiger partial charge in [0.2, 0.25) is 5.91 Å². The minimum Gasteiger partial charge on any atom is -0.389 e. The number of Topliss-reactive ketones (excluding diaryl/α,β-unsaturated/α-hetero) is 1. The van der Waals surface area contributed by atoms with Gasteiger partial charge < -0.3 is 14.9 Å². The molecule has 22 heavy (non-hydrogen) atoms. The summed E-state index contributed by atoms with van der Waals surface area (Å²) in [5.41, 5.74) is 0.891. The molecule has 1 aliphatic rings. The van der Waals surface area contributed by atoms with E-state index in [1.54, 1.807) is 24.3 Å². The van der Waals surface area contributed by atoms with Crippen LogP contribution in [0.5, 0.6) is 0 Å². The number of rotatable bonds is 2. The van der Waals surface area contributed by atoms with Crippen LogP contribution in [-0.2, 0) is 4.79 Å². The lowest BCUT2D eigenvalue weighted by Crippen LogP contribution is -2.37. The van der Waals surface area contributed by atoms with Crippen molar-refractivity contribution < 1.29 is 19.5 Å². The molecule has 1 saturated heterocycles. The third-order valence-corrected chi connectivity index (χ3v) is 3.75. The first-order valence-corrected chi connectivity index (χ1v) is 7.22. The number of hydrogen-bond donors (Lipinski definition) is 1. The monoisotopic (exact) mass is 304 g/mol. The van der Waals surface area contributed by atoms with E-state index in [4.69, 9.17) is 0 Å². The fourth-order valence-electron chi connectivity index (χ4n) is 2.51. The highest BCUT2D eigenvalue weighted by atomic mass is 16.3. The maximum absolute atomic E-state index is 12.5. The van der Waals surface area contributed by atoms with Gasteiger partial charge in [0.15, 0.2) is 5.78 Å². The zero-order chi connectivity index (χ0) is 16.3.